The van der Waals surface area contributed by atoms with Crippen LogP contribution >= 0.6 is 0 Å². The molecule has 0 spiro atoms. The summed E-state index contributed by atoms with van der Waals surface area (Å²) in [6.45, 7) is 1.70. The Hall–Kier alpha value is -1.54. The lowest BCUT2D eigenvalue weighted by atomic mass is 10.1. The van der Waals surface area contributed by atoms with Crippen molar-refractivity contribution in [2.24, 2.45) is 0 Å². The van der Waals surface area contributed by atoms with Gasteiger partial charge in [-0.15, -0.1) is 0 Å². The molecule has 1 amide bonds. The summed E-state index contributed by atoms with van der Waals surface area (Å²) in [6, 6.07) is 1.83. The van der Waals surface area contributed by atoms with Crippen molar-refractivity contribution in [2.45, 2.75) is 25.0 Å². The van der Waals surface area contributed by atoms with E-state index < -0.39 is 32.8 Å². The van der Waals surface area contributed by atoms with E-state index in [2.05, 4.69) is 4.72 Å². The van der Waals surface area contributed by atoms with Crippen LogP contribution in [0.1, 0.15) is 28.8 Å². The van der Waals surface area contributed by atoms with E-state index in [0.29, 0.717) is 19.4 Å². The topological polar surface area (TPSA) is 66.5 Å². The number of amides is 1. The summed E-state index contributed by atoms with van der Waals surface area (Å²) < 4.78 is 53.4. The minimum Gasteiger partial charge on any atom is -0.337 e. The maximum atomic E-state index is 13.9. The molecule has 1 fully saturated rings. The molecule has 1 unspecified atom stereocenters. The Bertz CT molecular complexity index is 692. The fourth-order valence-corrected chi connectivity index (χ4v) is 3.71. The van der Waals surface area contributed by atoms with E-state index in [4.69, 9.17) is 0 Å². The lowest BCUT2D eigenvalue weighted by Crippen LogP contribution is -2.47. The van der Waals surface area contributed by atoms with Crippen molar-refractivity contribution in [2.75, 3.05) is 20.1 Å². The first-order valence-electron chi connectivity index (χ1n) is 6.93. The van der Waals surface area contributed by atoms with Crippen molar-refractivity contribution in [3.63, 3.8) is 0 Å². The second-order valence-corrected chi connectivity index (χ2v) is 7.51. The number of nitrogens with one attached hydrogen (secondary N) is 1. The van der Waals surface area contributed by atoms with Crippen LogP contribution in [-0.4, -0.2) is 44.6 Å². The highest BCUT2D eigenvalue weighted by Gasteiger charge is 2.33. The van der Waals surface area contributed by atoms with E-state index in [9.17, 15) is 22.0 Å². The van der Waals surface area contributed by atoms with Gasteiger partial charge in [0.05, 0.1) is 10.8 Å². The highest BCUT2D eigenvalue weighted by Crippen LogP contribution is 2.21. The molecule has 1 aliphatic heterocycles. The second-order valence-electron chi connectivity index (χ2n) is 5.35. The predicted molar refractivity (Wildman–Crippen MR) is 78.0 cm³/mol. The number of aryl methyl sites for hydroxylation is 1. The molecule has 0 radical (unpaired) electrons. The molecule has 1 saturated heterocycles. The molecular formula is C14H18F2N2O3S. The quantitative estimate of drug-likeness (QED) is 0.910. The Labute approximate surface area is 128 Å². The van der Waals surface area contributed by atoms with Gasteiger partial charge in [0.25, 0.3) is 5.91 Å². The van der Waals surface area contributed by atoms with E-state index in [0.717, 1.165) is 12.1 Å². The van der Waals surface area contributed by atoms with Crippen LogP contribution in [0.25, 0.3) is 0 Å². The smallest absolute Gasteiger partial charge is 0.256 e. The molecule has 1 N–H and O–H groups in total. The molecular weight excluding hydrogens is 314 g/mol. The number of rotatable bonds is 3. The summed E-state index contributed by atoms with van der Waals surface area (Å²) in [7, 11) is -2.20. The van der Waals surface area contributed by atoms with Gasteiger partial charge in [-0.3, -0.25) is 4.79 Å². The van der Waals surface area contributed by atoms with Gasteiger partial charge in [-0.05, 0) is 44.5 Å². The fraction of sp³-hybridized carbons (Fsp3) is 0.500. The van der Waals surface area contributed by atoms with Crippen LogP contribution in [0.3, 0.4) is 0 Å². The largest absolute Gasteiger partial charge is 0.337 e. The summed E-state index contributed by atoms with van der Waals surface area (Å²) in [4.78, 5) is 13.6. The first-order chi connectivity index (χ1) is 10.3. The molecule has 1 heterocycles. The molecule has 0 aliphatic carbocycles. The minimum absolute atomic E-state index is 0.0308. The first kappa shape index (κ1) is 16.8. The third kappa shape index (κ3) is 3.27. The first-order valence-corrected chi connectivity index (χ1v) is 8.48. The molecule has 1 atom stereocenters. The monoisotopic (exact) mass is 332 g/mol. The van der Waals surface area contributed by atoms with Gasteiger partial charge in [0.2, 0.25) is 10.0 Å². The van der Waals surface area contributed by atoms with E-state index in [-0.39, 0.29) is 17.7 Å². The molecule has 1 aromatic rings. The Kier molecular flexibility index (Phi) is 4.81. The predicted octanol–water partition coefficient (Wildman–Crippen LogP) is 1.43. The zero-order valence-corrected chi connectivity index (χ0v) is 13.2. The van der Waals surface area contributed by atoms with Crippen molar-refractivity contribution < 1.29 is 22.0 Å². The van der Waals surface area contributed by atoms with Crippen LogP contribution < -0.4 is 4.72 Å². The summed E-state index contributed by atoms with van der Waals surface area (Å²) in [6.07, 6.45) is 0.922. The van der Waals surface area contributed by atoms with E-state index in [1.807, 2.05) is 0 Å². The molecule has 0 aromatic heterocycles. The maximum absolute atomic E-state index is 13.9. The minimum atomic E-state index is -3.51. The number of benzene rings is 1. The van der Waals surface area contributed by atoms with Crippen LogP contribution in [-0.2, 0) is 10.0 Å². The number of hydrogen-bond acceptors (Lipinski definition) is 3. The molecule has 1 aliphatic rings. The number of carbonyl (C=O) groups excluding carboxylic acids is 1. The van der Waals surface area contributed by atoms with Crippen LogP contribution in [0.15, 0.2) is 12.1 Å². The second kappa shape index (κ2) is 6.29. The number of hydrogen-bond donors (Lipinski definition) is 1. The summed E-state index contributed by atoms with van der Waals surface area (Å²) in [5.74, 6) is -2.16. The summed E-state index contributed by atoms with van der Waals surface area (Å²) >= 11 is 0. The highest BCUT2D eigenvalue weighted by molar-refractivity contribution is 7.90. The van der Waals surface area contributed by atoms with Gasteiger partial charge >= 0.3 is 0 Å². The summed E-state index contributed by atoms with van der Waals surface area (Å²) in [5.41, 5.74) is -0.256. The van der Waals surface area contributed by atoms with E-state index in [1.54, 1.807) is 0 Å². The Balaban J connectivity index is 2.25. The van der Waals surface area contributed by atoms with Gasteiger partial charge in [-0.2, -0.15) is 0 Å². The maximum Gasteiger partial charge on any atom is 0.256 e. The molecule has 5 nitrogen and oxygen atoms in total. The number of sulfonamides is 1. The van der Waals surface area contributed by atoms with E-state index >= 15 is 0 Å². The lowest BCUT2D eigenvalue weighted by molar-refractivity contribution is 0.0721. The van der Waals surface area contributed by atoms with Gasteiger partial charge < -0.3 is 4.90 Å². The highest BCUT2D eigenvalue weighted by atomic mass is 32.2. The normalized spacial score (nSPS) is 19.3. The van der Waals surface area contributed by atoms with Gasteiger partial charge in [0.1, 0.15) is 11.6 Å². The third-order valence-corrected chi connectivity index (χ3v) is 5.70. The van der Waals surface area contributed by atoms with Gasteiger partial charge in [-0.1, -0.05) is 0 Å². The van der Waals surface area contributed by atoms with Crippen LogP contribution in [0.2, 0.25) is 0 Å². The van der Waals surface area contributed by atoms with Crippen molar-refractivity contribution in [1.82, 2.24) is 9.62 Å². The van der Waals surface area contributed by atoms with Crippen molar-refractivity contribution in [3.05, 3.63) is 34.9 Å². The third-order valence-electron chi connectivity index (χ3n) is 3.87. The summed E-state index contributed by atoms with van der Waals surface area (Å²) in [5, 5.41) is -0.742. The van der Waals surface area contributed by atoms with Crippen LogP contribution in [0, 0.1) is 18.6 Å². The molecule has 8 heteroatoms. The molecule has 22 heavy (non-hydrogen) atoms. The zero-order chi connectivity index (χ0) is 16.5. The average molecular weight is 332 g/mol. The number of halogens is 2. The average Bonchev–Trinajstić information content (AvgIpc) is 2.50. The fourth-order valence-electron chi connectivity index (χ4n) is 2.52. The number of likely N-dealkylation sites (tertiary alicyclic amines) is 1. The lowest BCUT2D eigenvalue weighted by Gasteiger charge is -2.32. The van der Waals surface area contributed by atoms with Gasteiger partial charge in [0, 0.05) is 13.1 Å². The zero-order valence-electron chi connectivity index (χ0n) is 12.4. The Morgan fingerprint density at radius 1 is 1.32 bits per heavy atom. The number of piperidine rings is 1. The van der Waals surface area contributed by atoms with Crippen LogP contribution in [0.5, 0.6) is 0 Å². The van der Waals surface area contributed by atoms with Crippen molar-refractivity contribution in [1.29, 1.82) is 0 Å². The van der Waals surface area contributed by atoms with Crippen molar-refractivity contribution >= 4 is 15.9 Å². The standard InChI is InChI=1S/C14H18F2N2O3S/c1-9-6-13(16)11(7-12(9)15)14(19)18-5-3-4-10(8-18)22(20,21)17-2/h6-7,10,17H,3-5,8H2,1-2H3. The van der Waals surface area contributed by atoms with Crippen molar-refractivity contribution in [3.8, 4) is 0 Å². The molecule has 122 valence electrons. The number of nitrogens with zero attached hydrogens (tertiary/aromatic N) is 1. The Morgan fingerprint density at radius 3 is 2.64 bits per heavy atom. The molecule has 2 rings (SSSR count). The van der Waals surface area contributed by atoms with Gasteiger partial charge in [0.15, 0.2) is 0 Å². The molecule has 0 bridgehead atoms. The van der Waals surface area contributed by atoms with Gasteiger partial charge in [-0.25, -0.2) is 21.9 Å². The Morgan fingerprint density at radius 2 is 2.00 bits per heavy atom. The number of carbonyl (C=O) groups is 1. The van der Waals surface area contributed by atoms with Crippen LogP contribution in [0.4, 0.5) is 8.78 Å². The SMILES string of the molecule is CNS(=O)(=O)C1CCCN(C(=O)c2cc(F)c(C)cc2F)C1. The molecule has 0 saturated carbocycles. The molecule has 1 aromatic carbocycles. The van der Waals surface area contributed by atoms with E-state index in [1.165, 1.54) is 18.9 Å².